The second-order valence-corrected chi connectivity index (χ2v) is 6.47. The number of nitrogens with two attached hydrogens (primary N) is 1. The van der Waals surface area contributed by atoms with Crippen molar-refractivity contribution >= 4 is 11.0 Å². The van der Waals surface area contributed by atoms with Gasteiger partial charge < -0.3 is 15.6 Å². The van der Waals surface area contributed by atoms with Gasteiger partial charge in [0.1, 0.15) is 6.04 Å². The van der Waals surface area contributed by atoms with Crippen molar-refractivity contribution in [1.82, 2.24) is 14.9 Å². The van der Waals surface area contributed by atoms with E-state index in [1.807, 2.05) is 0 Å². The number of piperidine rings is 1. The minimum absolute atomic E-state index is 0.158. The molecule has 3 atom stereocenters. The zero-order chi connectivity index (χ0) is 18.9. The molecule has 1 aliphatic heterocycles. The van der Waals surface area contributed by atoms with Crippen molar-refractivity contribution in [2.75, 3.05) is 20.2 Å². The summed E-state index contributed by atoms with van der Waals surface area (Å²) in [6, 6.07) is 2.75. The highest BCUT2D eigenvalue weighted by Gasteiger charge is 2.46. The van der Waals surface area contributed by atoms with Crippen molar-refractivity contribution in [2.24, 2.45) is 5.73 Å². The summed E-state index contributed by atoms with van der Waals surface area (Å²) < 4.78 is 45.1. The Morgan fingerprint density at radius 2 is 2.15 bits per heavy atom. The molecule has 1 aliphatic rings. The minimum atomic E-state index is -4.39. The Kier molecular flexibility index (Phi) is 5.31. The number of likely N-dealkylation sites (tertiary alicyclic amines) is 1. The maximum Gasteiger partial charge on any atom is 0.404 e. The van der Waals surface area contributed by atoms with Crippen LogP contribution >= 0.6 is 0 Å². The van der Waals surface area contributed by atoms with Crippen LogP contribution in [0.25, 0.3) is 11.0 Å². The van der Waals surface area contributed by atoms with Crippen molar-refractivity contribution in [2.45, 2.75) is 37.2 Å². The van der Waals surface area contributed by atoms with Gasteiger partial charge in [-0.3, -0.25) is 9.88 Å². The van der Waals surface area contributed by atoms with Crippen LogP contribution in [0.1, 0.15) is 24.5 Å². The number of aliphatic hydroxyl groups excluding tert-OH is 1. The molecule has 3 N–H and O–H groups in total. The van der Waals surface area contributed by atoms with Crippen LogP contribution in [-0.4, -0.2) is 58.4 Å². The van der Waals surface area contributed by atoms with Gasteiger partial charge in [-0.05, 0) is 25.0 Å². The topological polar surface area (TPSA) is 84.5 Å². The van der Waals surface area contributed by atoms with Crippen LogP contribution in [0.4, 0.5) is 13.2 Å². The first kappa shape index (κ1) is 18.8. The molecule has 3 rings (SSSR count). The number of aromatic nitrogens is 2. The fraction of sp³-hybridized carbons (Fsp3) is 0.529. The summed E-state index contributed by atoms with van der Waals surface area (Å²) >= 11 is 0. The lowest BCUT2D eigenvalue weighted by atomic mass is 9.96. The van der Waals surface area contributed by atoms with Crippen LogP contribution < -0.4 is 10.5 Å². The highest BCUT2D eigenvalue weighted by atomic mass is 19.4. The fourth-order valence-corrected chi connectivity index (χ4v) is 3.33. The van der Waals surface area contributed by atoms with E-state index in [2.05, 4.69) is 9.97 Å². The normalized spacial score (nSPS) is 23.2. The van der Waals surface area contributed by atoms with Crippen molar-refractivity contribution in [3.63, 3.8) is 0 Å². The second-order valence-electron chi connectivity index (χ2n) is 6.47. The molecular weight excluding hydrogens is 349 g/mol. The molecule has 2 aromatic heterocycles. The lowest BCUT2D eigenvalue weighted by molar-refractivity contribution is -0.195. The van der Waals surface area contributed by atoms with Crippen molar-refractivity contribution in [1.29, 1.82) is 0 Å². The molecule has 1 fully saturated rings. The number of pyridine rings is 2. The monoisotopic (exact) mass is 370 g/mol. The van der Waals surface area contributed by atoms with Gasteiger partial charge >= 0.3 is 6.18 Å². The Labute approximate surface area is 148 Å². The van der Waals surface area contributed by atoms with E-state index >= 15 is 0 Å². The molecule has 3 heterocycles. The third-order valence-corrected chi connectivity index (χ3v) is 4.70. The number of nitrogens with zero attached hydrogens (tertiary/aromatic N) is 3. The third kappa shape index (κ3) is 3.89. The van der Waals surface area contributed by atoms with Gasteiger partial charge in [-0.25, -0.2) is 4.98 Å². The average molecular weight is 370 g/mol. The summed E-state index contributed by atoms with van der Waals surface area (Å²) in [5.74, 6) is 0.344. The highest BCUT2D eigenvalue weighted by Crippen LogP contribution is 2.33. The van der Waals surface area contributed by atoms with Crippen LogP contribution in [0, 0.1) is 0 Å². The lowest BCUT2D eigenvalue weighted by Gasteiger charge is -2.40. The summed E-state index contributed by atoms with van der Waals surface area (Å²) in [7, 11) is 1.46. The lowest BCUT2D eigenvalue weighted by Crippen LogP contribution is -2.54. The van der Waals surface area contributed by atoms with Gasteiger partial charge in [0.25, 0.3) is 0 Å². The number of rotatable bonds is 4. The van der Waals surface area contributed by atoms with E-state index < -0.39 is 24.4 Å². The molecule has 1 saturated heterocycles. The smallest absolute Gasteiger partial charge is 0.404 e. The fourth-order valence-electron chi connectivity index (χ4n) is 3.33. The van der Waals surface area contributed by atoms with E-state index in [1.165, 1.54) is 18.2 Å². The Morgan fingerprint density at radius 3 is 2.85 bits per heavy atom. The van der Waals surface area contributed by atoms with E-state index in [1.54, 1.807) is 18.2 Å². The number of β-amino-alcohol motifs (C(OH)–C–C–N with tert-alkyl or cyclic N) is 1. The van der Waals surface area contributed by atoms with Gasteiger partial charge in [-0.1, -0.05) is 0 Å². The zero-order valence-electron chi connectivity index (χ0n) is 14.3. The van der Waals surface area contributed by atoms with Gasteiger partial charge in [0.2, 0.25) is 5.88 Å². The molecule has 142 valence electrons. The Balaban J connectivity index is 1.87. The van der Waals surface area contributed by atoms with Gasteiger partial charge in [-0.2, -0.15) is 13.2 Å². The standard InChI is InChI=1S/C17H21F3N4O2/c1-26-15-3-2-12-16(23-15)11(4-6-22-12)13(25)9-24-7-5-10(21)8-14(24)17(18,19)20/h2-4,6,10,13-14,25H,5,7-9,21H2,1H3/t10-,13-,14-/m0/s1. The van der Waals surface area contributed by atoms with Gasteiger partial charge in [0.15, 0.2) is 0 Å². The predicted molar refractivity (Wildman–Crippen MR) is 89.7 cm³/mol. The molecule has 0 spiro atoms. The summed E-state index contributed by atoms with van der Waals surface area (Å²) in [5.41, 5.74) is 7.08. The number of halogens is 3. The van der Waals surface area contributed by atoms with Crippen LogP contribution in [0.15, 0.2) is 24.4 Å². The number of ether oxygens (including phenoxy) is 1. The molecule has 26 heavy (non-hydrogen) atoms. The number of hydrogen-bond donors (Lipinski definition) is 2. The molecule has 0 bridgehead atoms. The molecule has 2 aromatic rings. The number of alkyl halides is 3. The molecule has 9 heteroatoms. The molecular formula is C17H21F3N4O2. The van der Waals surface area contributed by atoms with E-state index in [9.17, 15) is 18.3 Å². The SMILES string of the molecule is COc1ccc2nccc([C@@H](O)CN3CC[C@H](N)C[C@H]3C(F)(F)F)c2n1. The molecule has 0 aliphatic carbocycles. The predicted octanol–water partition coefficient (Wildman–Crippen LogP) is 2.03. The Morgan fingerprint density at radius 1 is 1.38 bits per heavy atom. The van der Waals surface area contributed by atoms with Crippen molar-refractivity contribution in [3.05, 3.63) is 30.0 Å². The van der Waals surface area contributed by atoms with Crippen LogP contribution in [0.5, 0.6) is 5.88 Å². The van der Waals surface area contributed by atoms with E-state index in [-0.39, 0.29) is 19.5 Å². The van der Waals surface area contributed by atoms with Crippen molar-refractivity contribution in [3.8, 4) is 5.88 Å². The Bertz CT molecular complexity index is 771. The zero-order valence-corrected chi connectivity index (χ0v) is 14.3. The number of aliphatic hydroxyl groups is 1. The van der Waals surface area contributed by atoms with Gasteiger partial charge in [0.05, 0.1) is 24.2 Å². The number of hydrogen-bond acceptors (Lipinski definition) is 6. The largest absolute Gasteiger partial charge is 0.481 e. The Hall–Kier alpha value is -1.97. The second kappa shape index (κ2) is 7.34. The third-order valence-electron chi connectivity index (χ3n) is 4.70. The van der Waals surface area contributed by atoms with Gasteiger partial charge in [0, 0.05) is 37.0 Å². The summed E-state index contributed by atoms with van der Waals surface area (Å²) in [6.45, 7) is 0.0249. The summed E-state index contributed by atoms with van der Waals surface area (Å²) in [4.78, 5) is 9.70. The van der Waals surface area contributed by atoms with Crippen LogP contribution in [0.3, 0.4) is 0 Å². The highest BCUT2D eigenvalue weighted by molar-refractivity contribution is 5.78. The maximum atomic E-state index is 13.4. The van der Waals surface area contributed by atoms with Crippen molar-refractivity contribution < 1.29 is 23.0 Å². The van der Waals surface area contributed by atoms with Crippen LogP contribution in [0.2, 0.25) is 0 Å². The van der Waals surface area contributed by atoms with E-state index in [0.29, 0.717) is 28.9 Å². The van der Waals surface area contributed by atoms with E-state index in [0.717, 1.165) is 0 Å². The molecule has 6 nitrogen and oxygen atoms in total. The minimum Gasteiger partial charge on any atom is -0.481 e. The molecule has 0 amide bonds. The maximum absolute atomic E-state index is 13.4. The molecule has 0 saturated carbocycles. The quantitative estimate of drug-likeness (QED) is 0.857. The first-order valence-electron chi connectivity index (χ1n) is 8.33. The van der Waals surface area contributed by atoms with E-state index in [4.69, 9.17) is 10.5 Å². The number of fused-ring (bicyclic) bond motifs is 1. The van der Waals surface area contributed by atoms with Crippen LogP contribution in [-0.2, 0) is 0 Å². The first-order valence-corrected chi connectivity index (χ1v) is 8.33. The summed E-state index contributed by atoms with van der Waals surface area (Å²) in [5, 5.41) is 10.6. The first-order chi connectivity index (χ1) is 12.3. The molecule has 0 radical (unpaired) electrons. The molecule has 0 unspecified atom stereocenters. The summed E-state index contributed by atoms with van der Waals surface area (Å²) in [6.07, 6.45) is -3.73. The number of methoxy groups -OCH3 is 1. The average Bonchev–Trinajstić information content (AvgIpc) is 2.61. The van der Waals surface area contributed by atoms with Gasteiger partial charge in [-0.15, -0.1) is 0 Å². The molecule has 0 aromatic carbocycles.